The third kappa shape index (κ3) is 2.35. The number of benzene rings is 2. The lowest BCUT2D eigenvalue weighted by atomic mass is 10.0. The Labute approximate surface area is 112 Å². The minimum Gasteiger partial charge on any atom is -0.389 e. The average Bonchev–Trinajstić information content (AvgIpc) is 2.47. The minimum atomic E-state index is -0.427. The van der Waals surface area contributed by atoms with Crippen molar-refractivity contribution >= 4 is 10.9 Å². The largest absolute Gasteiger partial charge is 0.389 e. The number of para-hydroxylation sites is 1. The number of nitrogens with zero attached hydrogens (tertiary/aromatic N) is 1. The Morgan fingerprint density at radius 1 is 0.947 bits per heavy atom. The predicted octanol–water partition coefficient (Wildman–Crippen LogP) is 3.96. The molecule has 0 aliphatic rings. The molecular formula is C17H15NO. The molecule has 2 heteroatoms. The van der Waals surface area contributed by atoms with E-state index < -0.39 is 6.10 Å². The zero-order valence-corrected chi connectivity index (χ0v) is 10.7. The Morgan fingerprint density at radius 2 is 1.68 bits per heavy atom. The van der Waals surface area contributed by atoms with Gasteiger partial charge in [-0.2, -0.15) is 0 Å². The molecule has 3 rings (SSSR count). The molecule has 2 aromatic carbocycles. The van der Waals surface area contributed by atoms with Crippen LogP contribution in [-0.2, 0) is 0 Å². The summed E-state index contributed by atoms with van der Waals surface area (Å²) >= 11 is 0. The highest BCUT2D eigenvalue weighted by molar-refractivity contribution is 5.83. The van der Waals surface area contributed by atoms with Crippen LogP contribution < -0.4 is 0 Å². The Bertz CT molecular complexity index is 702. The summed E-state index contributed by atoms with van der Waals surface area (Å²) in [5.41, 5.74) is 4.14. The van der Waals surface area contributed by atoms with E-state index in [-0.39, 0.29) is 0 Å². The number of fused-ring (bicyclic) bond motifs is 1. The van der Waals surface area contributed by atoms with Crippen LogP contribution in [0.15, 0.2) is 60.8 Å². The SMILES string of the molecule is CC(O)c1ccc(-c2cnc3ccccc3c2)cc1. The summed E-state index contributed by atoms with van der Waals surface area (Å²) in [5.74, 6) is 0. The van der Waals surface area contributed by atoms with Gasteiger partial charge in [0.15, 0.2) is 0 Å². The zero-order valence-electron chi connectivity index (χ0n) is 10.7. The van der Waals surface area contributed by atoms with Crippen molar-refractivity contribution in [2.24, 2.45) is 0 Å². The van der Waals surface area contributed by atoms with E-state index in [2.05, 4.69) is 17.1 Å². The van der Waals surface area contributed by atoms with Gasteiger partial charge in [0, 0.05) is 17.1 Å². The second-order valence-electron chi connectivity index (χ2n) is 4.71. The number of pyridine rings is 1. The molecule has 1 unspecified atom stereocenters. The molecule has 0 amide bonds. The fraction of sp³-hybridized carbons (Fsp3) is 0.118. The van der Waals surface area contributed by atoms with Crippen LogP contribution in [-0.4, -0.2) is 10.1 Å². The third-order valence-electron chi connectivity index (χ3n) is 3.32. The average molecular weight is 249 g/mol. The predicted molar refractivity (Wildman–Crippen MR) is 77.8 cm³/mol. The molecule has 0 saturated carbocycles. The van der Waals surface area contributed by atoms with Gasteiger partial charge in [-0.15, -0.1) is 0 Å². The maximum atomic E-state index is 9.51. The fourth-order valence-corrected chi connectivity index (χ4v) is 2.18. The van der Waals surface area contributed by atoms with Crippen molar-refractivity contribution in [2.75, 3.05) is 0 Å². The van der Waals surface area contributed by atoms with Crippen molar-refractivity contribution in [3.63, 3.8) is 0 Å². The van der Waals surface area contributed by atoms with Crippen LogP contribution in [0.5, 0.6) is 0 Å². The second kappa shape index (κ2) is 4.82. The lowest BCUT2D eigenvalue weighted by Crippen LogP contribution is -1.90. The topological polar surface area (TPSA) is 33.1 Å². The van der Waals surface area contributed by atoms with E-state index in [1.807, 2.05) is 48.7 Å². The van der Waals surface area contributed by atoms with E-state index >= 15 is 0 Å². The molecule has 3 aromatic rings. The van der Waals surface area contributed by atoms with Crippen molar-refractivity contribution in [3.8, 4) is 11.1 Å². The molecule has 1 atom stereocenters. The first kappa shape index (κ1) is 11.9. The first-order valence-electron chi connectivity index (χ1n) is 6.37. The van der Waals surface area contributed by atoms with Gasteiger partial charge in [-0.1, -0.05) is 42.5 Å². The quantitative estimate of drug-likeness (QED) is 0.745. The van der Waals surface area contributed by atoms with Gasteiger partial charge in [0.2, 0.25) is 0 Å². The van der Waals surface area contributed by atoms with Gasteiger partial charge in [0.1, 0.15) is 0 Å². The summed E-state index contributed by atoms with van der Waals surface area (Å²) in [6, 6.07) is 18.2. The van der Waals surface area contributed by atoms with Crippen molar-refractivity contribution in [2.45, 2.75) is 13.0 Å². The maximum Gasteiger partial charge on any atom is 0.0761 e. The Kier molecular flexibility index (Phi) is 3.02. The third-order valence-corrected chi connectivity index (χ3v) is 3.32. The van der Waals surface area contributed by atoms with Crippen LogP contribution in [0.3, 0.4) is 0 Å². The summed E-state index contributed by atoms with van der Waals surface area (Å²) < 4.78 is 0. The molecule has 0 spiro atoms. The molecule has 0 radical (unpaired) electrons. The Hall–Kier alpha value is -2.19. The highest BCUT2D eigenvalue weighted by Gasteiger charge is 2.03. The molecular weight excluding hydrogens is 234 g/mol. The van der Waals surface area contributed by atoms with E-state index in [1.165, 1.54) is 0 Å². The molecule has 2 nitrogen and oxygen atoms in total. The van der Waals surface area contributed by atoms with Crippen LogP contribution >= 0.6 is 0 Å². The van der Waals surface area contributed by atoms with Crippen LogP contribution in [0.1, 0.15) is 18.6 Å². The fourth-order valence-electron chi connectivity index (χ4n) is 2.18. The summed E-state index contributed by atoms with van der Waals surface area (Å²) in [6.07, 6.45) is 1.46. The first-order chi connectivity index (χ1) is 9.24. The second-order valence-corrected chi connectivity index (χ2v) is 4.71. The van der Waals surface area contributed by atoms with Crippen LogP contribution in [0, 0.1) is 0 Å². The molecule has 94 valence electrons. The molecule has 19 heavy (non-hydrogen) atoms. The van der Waals surface area contributed by atoms with Gasteiger partial charge < -0.3 is 5.11 Å². The van der Waals surface area contributed by atoms with Crippen molar-refractivity contribution in [1.82, 2.24) is 4.98 Å². The zero-order chi connectivity index (χ0) is 13.2. The molecule has 0 fully saturated rings. The molecule has 0 bridgehead atoms. The summed E-state index contributed by atoms with van der Waals surface area (Å²) in [4.78, 5) is 4.47. The lowest BCUT2D eigenvalue weighted by Gasteiger charge is -2.07. The van der Waals surface area contributed by atoms with E-state index in [0.29, 0.717) is 0 Å². The molecule has 1 N–H and O–H groups in total. The van der Waals surface area contributed by atoms with E-state index in [0.717, 1.165) is 27.6 Å². The first-order valence-corrected chi connectivity index (χ1v) is 6.37. The number of aliphatic hydroxyl groups is 1. The number of aromatic nitrogens is 1. The monoisotopic (exact) mass is 249 g/mol. The van der Waals surface area contributed by atoms with Crippen molar-refractivity contribution in [1.29, 1.82) is 0 Å². The molecule has 0 aliphatic carbocycles. The van der Waals surface area contributed by atoms with Crippen LogP contribution in [0.4, 0.5) is 0 Å². The normalized spacial score (nSPS) is 12.5. The van der Waals surface area contributed by atoms with E-state index in [4.69, 9.17) is 0 Å². The van der Waals surface area contributed by atoms with Gasteiger partial charge >= 0.3 is 0 Å². The molecule has 1 heterocycles. The van der Waals surface area contributed by atoms with Gasteiger partial charge in [0.05, 0.1) is 11.6 Å². The number of hydrogen-bond donors (Lipinski definition) is 1. The van der Waals surface area contributed by atoms with Gasteiger partial charge in [-0.05, 0) is 30.2 Å². The lowest BCUT2D eigenvalue weighted by molar-refractivity contribution is 0.199. The molecule has 0 saturated heterocycles. The maximum absolute atomic E-state index is 9.51. The summed E-state index contributed by atoms with van der Waals surface area (Å²) in [7, 11) is 0. The summed E-state index contributed by atoms with van der Waals surface area (Å²) in [5, 5.41) is 10.7. The van der Waals surface area contributed by atoms with Crippen molar-refractivity contribution < 1.29 is 5.11 Å². The number of rotatable bonds is 2. The summed E-state index contributed by atoms with van der Waals surface area (Å²) in [6.45, 7) is 1.77. The Morgan fingerprint density at radius 3 is 2.42 bits per heavy atom. The van der Waals surface area contributed by atoms with E-state index in [9.17, 15) is 5.11 Å². The van der Waals surface area contributed by atoms with Gasteiger partial charge in [-0.3, -0.25) is 4.98 Å². The Balaban J connectivity index is 2.03. The highest BCUT2D eigenvalue weighted by atomic mass is 16.3. The van der Waals surface area contributed by atoms with Crippen molar-refractivity contribution in [3.05, 3.63) is 66.4 Å². The molecule has 0 aliphatic heterocycles. The smallest absolute Gasteiger partial charge is 0.0761 e. The van der Waals surface area contributed by atoms with Gasteiger partial charge in [0.25, 0.3) is 0 Å². The minimum absolute atomic E-state index is 0.427. The van der Waals surface area contributed by atoms with E-state index in [1.54, 1.807) is 6.92 Å². The van der Waals surface area contributed by atoms with Crippen LogP contribution in [0.2, 0.25) is 0 Å². The standard InChI is InChI=1S/C17H15NO/c1-12(19)13-6-8-14(9-7-13)16-10-15-4-2-3-5-17(15)18-11-16/h2-12,19H,1H3. The number of hydrogen-bond acceptors (Lipinski definition) is 2. The molecule has 1 aromatic heterocycles. The van der Waals surface area contributed by atoms with Gasteiger partial charge in [-0.25, -0.2) is 0 Å². The van der Waals surface area contributed by atoms with Crippen LogP contribution in [0.25, 0.3) is 22.0 Å². The highest BCUT2D eigenvalue weighted by Crippen LogP contribution is 2.24. The number of aliphatic hydroxyl groups excluding tert-OH is 1.